The summed E-state index contributed by atoms with van der Waals surface area (Å²) in [7, 11) is 0. The van der Waals surface area contributed by atoms with Crippen LogP contribution in [0.1, 0.15) is 116 Å². The first-order valence-corrected chi connectivity index (χ1v) is 27.1. The number of nitrogens with zero attached hydrogens (tertiary/aromatic N) is 6. The molecule has 70 heavy (non-hydrogen) atoms. The SMILES string of the molecule is O=C(CCN1CCCC1)C[C@@H](C(=O)N1CCC[C@H]1c1ncc(-c2ccc(-c3ccc(-c4cnc([C@@H]5CCCN5C(=O)[C@H](NC(=O)CCN5CCCC5)c5ccccc5)s4)cc3)cc2)s1)c1ccccc1. The molecule has 3 amide bonds. The summed E-state index contributed by atoms with van der Waals surface area (Å²) in [6, 6.07) is 35.6. The Kier molecular flexibility index (Phi) is 15.4. The van der Waals surface area contributed by atoms with E-state index in [-0.39, 0.29) is 42.0 Å². The van der Waals surface area contributed by atoms with Crippen LogP contribution < -0.4 is 5.32 Å². The van der Waals surface area contributed by atoms with Gasteiger partial charge < -0.3 is 24.9 Å². The van der Waals surface area contributed by atoms with Crippen LogP contribution in [-0.4, -0.2) is 105 Å². The highest BCUT2D eigenvalue weighted by Gasteiger charge is 2.39. The molecule has 4 aromatic carbocycles. The number of thiazole rings is 2. The van der Waals surface area contributed by atoms with Crippen molar-refractivity contribution in [2.75, 3.05) is 52.4 Å². The normalized spacial score (nSPS) is 19.4. The van der Waals surface area contributed by atoms with Crippen molar-refractivity contribution in [2.45, 2.75) is 94.7 Å². The Morgan fingerprint density at radius 1 is 0.529 bits per heavy atom. The van der Waals surface area contributed by atoms with E-state index in [1.807, 2.05) is 82.9 Å². The van der Waals surface area contributed by atoms with E-state index in [2.05, 4.69) is 63.6 Å². The lowest BCUT2D eigenvalue weighted by atomic mass is 9.91. The molecule has 4 aliphatic rings. The van der Waals surface area contributed by atoms with E-state index < -0.39 is 12.0 Å². The molecule has 1 N–H and O–H groups in total. The van der Waals surface area contributed by atoms with E-state index in [4.69, 9.17) is 9.97 Å². The standard InChI is InChI=1S/C57H63N7O4S2/c65-46(27-35-61-29-7-8-30-61)37-47(42-13-3-1-4-14-42)56(67)63-33-11-17-48(63)54-58-38-50(69-54)43-23-19-40(20-24-43)41-21-25-44(26-22-41)51-39-59-55(70-51)49-18-12-34-64(49)57(68)53(45-15-5-2-6-16-45)60-52(66)28-36-62-31-9-10-32-62/h1-6,13-16,19-26,38-39,47-49,53H,7-12,17-18,27-37H2,(H,60,66)/t47-,48+,49+,53-/m1/s1. The zero-order chi connectivity index (χ0) is 47.8. The molecule has 6 heterocycles. The van der Waals surface area contributed by atoms with Gasteiger partial charge in [-0.15, -0.1) is 22.7 Å². The molecule has 0 spiro atoms. The van der Waals surface area contributed by atoms with E-state index in [1.54, 1.807) is 22.7 Å². The van der Waals surface area contributed by atoms with E-state index in [9.17, 15) is 19.2 Å². The number of hydrogen-bond acceptors (Lipinski definition) is 10. The molecule has 0 radical (unpaired) electrons. The van der Waals surface area contributed by atoms with Crippen LogP contribution in [0, 0.1) is 0 Å². The second kappa shape index (κ2) is 22.5. The number of hydrogen-bond donors (Lipinski definition) is 1. The number of nitrogens with one attached hydrogen (secondary N) is 1. The van der Waals surface area contributed by atoms with Crippen LogP contribution >= 0.6 is 22.7 Å². The molecule has 0 unspecified atom stereocenters. The molecule has 0 saturated carbocycles. The van der Waals surface area contributed by atoms with E-state index in [0.29, 0.717) is 32.5 Å². The van der Waals surface area contributed by atoms with Crippen molar-refractivity contribution < 1.29 is 19.2 Å². The van der Waals surface area contributed by atoms with Crippen molar-refractivity contribution in [3.8, 4) is 32.0 Å². The molecular formula is C57H63N7O4S2. The van der Waals surface area contributed by atoms with Crippen molar-refractivity contribution in [3.63, 3.8) is 0 Å². The Morgan fingerprint density at radius 3 is 1.50 bits per heavy atom. The van der Waals surface area contributed by atoms with Gasteiger partial charge in [0.25, 0.3) is 0 Å². The molecule has 0 bridgehead atoms. The Labute approximate surface area is 420 Å². The number of ketones is 1. The van der Waals surface area contributed by atoms with Crippen molar-refractivity contribution in [1.82, 2.24) is 34.9 Å². The third-order valence-electron chi connectivity index (χ3n) is 14.7. The number of carbonyl (C=O) groups excluding carboxylic acids is 4. The summed E-state index contributed by atoms with van der Waals surface area (Å²) in [6.07, 6.45) is 13.2. The van der Waals surface area contributed by atoms with Crippen molar-refractivity contribution in [1.29, 1.82) is 0 Å². The summed E-state index contributed by atoms with van der Waals surface area (Å²) in [5, 5.41) is 4.96. The van der Waals surface area contributed by atoms with Gasteiger partial charge in [0.2, 0.25) is 17.7 Å². The number of amides is 3. The number of aromatic nitrogens is 2. The van der Waals surface area contributed by atoms with Crippen LogP contribution in [0.25, 0.3) is 32.0 Å². The molecule has 2 aromatic heterocycles. The monoisotopic (exact) mass is 973 g/mol. The van der Waals surface area contributed by atoms with Gasteiger partial charge in [-0.1, -0.05) is 109 Å². The largest absolute Gasteiger partial charge is 0.340 e. The molecule has 6 aromatic rings. The van der Waals surface area contributed by atoms with Crippen LogP contribution in [0.2, 0.25) is 0 Å². The maximum absolute atomic E-state index is 14.4. The van der Waals surface area contributed by atoms with Gasteiger partial charge in [0.15, 0.2) is 0 Å². The highest BCUT2D eigenvalue weighted by atomic mass is 32.1. The van der Waals surface area contributed by atoms with Gasteiger partial charge >= 0.3 is 0 Å². The first kappa shape index (κ1) is 47.8. The summed E-state index contributed by atoms with van der Waals surface area (Å²) >= 11 is 3.28. The van der Waals surface area contributed by atoms with Gasteiger partial charge in [-0.05, 0) is 111 Å². The second-order valence-electron chi connectivity index (χ2n) is 19.4. The Bertz CT molecular complexity index is 2530. The fraction of sp³-hybridized carbons (Fsp3) is 0.404. The molecular weight excluding hydrogens is 911 g/mol. The number of Topliss-reactive ketones (excluding diaryl/α,β-unsaturated/α-hetero) is 1. The summed E-state index contributed by atoms with van der Waals surface area (Å²) < 4.78 is 0. The molecule has 4 aliphatic heterocycles. The van der Waals surface area contributed by atoms with Gasteiger partial charge in [0.1, 0.15) is 21.8 Å². The van der Waals surface area contributed by atoms with E-state index in [1.165, 1.54) is 25.7 Å². The first-order valence-electron chi connectivity index (χ1n) is 25.4. The predicted molar refractivity (Wildman–Crippen MR) is 278 cm³/mol. The summed E-state index contributed by atoms with van der Waals surface area (Å²) in [5.41, 5.74) is 6.06. The number of rotatable bonds is 18. The van der Waals surface area contributed by atoms with Gasteiger partial charge in [0, 0.05) is 57.8 Å². The van der Waals surface area contributed by atoms with Crippen LogP contribution in [0.5, 0.6) is 0 Å². The lowest BCUT2D eigenvalue weighted by Gasteiger charge is -2.29. The summed E-state index contributed by atoms with van der Waals surface area (Å²) in [6.45, 7) is 6.96. The van der Waals surface area contributed by atoms with Crippen LogP contribution in [0.4, 0.5) is 0 Å². The fourth-order valence-electron chi connectivity index (χ4n) is 10.8. The van der Waals surface area contributed by atoms with E-state index >= 15 is 0 Å². The minimum atomic E-state index is -0.745. The molecule has 4 saturated heterocycles. The highest BCUT2D eigenvalue weighted by Crippen LogP contribution is 2.41. The second-order valence-corrected chi connectivity index (χ2v) is 21.5. The molecule has 4 atom stereocenters. The first-order chi connectivity index (χ1) is 34.3. The third-order valence-corrected chi connectivity index (χ3v) is 17.0. The number of carbonyl (C=O) groups is 4. The van der Waals surface area contributed by atoms with Gasteiger partial charge in [-0.3, -0.25) is 19.2 Å². The average molecular weight is 974 g/mol. The fourth-order valence-corrected chi connectivity index (χ4v) is 13.0. The van der Waals surface area contributed by atoms with Crippen molar-refractivity contribution >= 4 is 46.2 Å². The molecule has 0 aliphatic carbocycles. The topological polar surface area (TPSA) is 119 Å². The molecule has 13 heteroatoms. The number of benzene rings is 4. The van der Waals surface area contributed by atoms with Crippen LogP contribution in [0.3, 0.4) is 0 Å². The maximum Gasteiger partial charge on any atom is 0.250 e. The van der Waals surface area contributed by atoms with Crippen LogP contribution in [0.15, 0.2) is 122 Å². The van der Waals surface area contributed by atoms with Gasteiger partial charge in [-0.2, -0.15) is 0 Å². The highest BCUT2D eigenvalue weighted by molar-refractivity contribution is 7.15. The third kappa shape index (κ3) is 11.2. The number of likely N-dealkylation sites (tertiary alicyclic amines) is 4. The zero-order valence-corrected chi connectivity index (χ0v) is 41.6. The van der Waals surface area contributed by atoms with Gasteiger partial charge in [-0.25, -0.2) is 9.97 Å². The molecule has 362 valence electrons. The van der Waals surface area contributed by atoms with Crippen LogP contribution in [-0.2, 0) is 19.2 Å². The van der Waals surface area contributed by atoms with E-state index in [0.717, 1.165) is 112 Å². The minimum Gasteiger partial charge on any atom is -0.340 e. The summed E-state index contributed by atoms with van der Waals surface area (Å²) in [4.78, 5) is 75.8. The molecule has 11 nitrogen and oxygen atoms in total. The molecule has 10 rings (SSSR count). The zero-order valence-electron chi connectivity index (χ0n) is 39.9. The summed E-state index contributed by atoms with van der Waals surface area (Å²) in [5.74, 6) is -0.503. The Morgan fingerprint density at radius 2 is 0.986 bits per heavy atom. The average Bonchev–Trinajstić information content (AvgIpc) is 4.27. The Hall–Kier alpha value is -5.86. The lowest BCUT2D eigenvalue weighted by molar-refractivity contribution is -0.137. The minimum absolute atomic E-state index is 0.0252. The van der Waals surface area contributed by atoms with Gasteiger partial charge in [0.05, 0.1) is 27.8 Å². The Balaban J connectivity index is 0.772. The smallest absolute Gasteiger partial charge is 0.250 e. The maximum atomic E-state index is 14.4. The van der Waals surface area contributed by atoms with Crippen molar-refractivity contribution in [2.24, 2.45) is 0 Å². The van der Waals surface area contributed by atoms with Crippen molar-refractivity contribution in [3.05, 3.63) is 143 Å². The predicted octanol–water partition coefficient (Wildman–Crippen LogP) is 10.5. The lowest BCUT2D eigenvalue weighted by Crippen LogP contribution is -2.43. The molecule has 4 fully saturated rings. The quantitative estimate of drug-likeness (QED) is 0.0905.